The Morgan fingerprint density at radius 2 is 1.43 bits per heavy atom. The van der Waals surface area contributed by atoms with Crippen molar-refractivity contribution in [3.63, 3.8) is 0 Å². The molecule has 0 radical (unpaired) electrons. The summed E-state index contributed by atoms with van der Waals surface area (Å²) >= 11 is 0. The van der Waals surface area contributed by atoms with Gasteiger partial charge in [0.15, 0.2) is 12.4 Å². The van der Waals surface area contributed by atoms with Crippen LogP contribution >= 0.6 is 0 Å². The summed E-state index contributed by atoms with van der Waals surface area (Å²) in [5.74, 6) is -0.197. The van der Waals surface area contributed by atoms with Crippen LogP contribution in [0.1, 0.15) is 11.1 Å². The maximum atomic E-state index is 13.2. The molecule has 6 nitrogen and oxygen atoms in total. The van der Waals surface area contributed by atoms with Crippen LogP contribution in [0.3, 0.4) is 0 Å². The molecule has 6 heteroatoms. The molecule has 3 aromatic carbocycles. The van der Waals surface area contributed by atoms with Crippen molar-refractivity contribution in [2.75, 3.05) is 11.5 Å². The maximum absolute atomic E-state index is 13.2. The van der Waals surface area contributed by atoms with Crippen LogP contribution in [-0.2, 0) is 17.6 Å². The number of anilines is 2. The van der Waals surface area contributed by atoms with Crippen molar-refractivity contribution < 1.29 is 14.5 Å². The Labute approximate surface area is 162 Å². The van der Waals surface area contributed by atoms with E-state index in [9.17, 15) is 14.9 Å². The van der Waals surface area contributed by atoms with E-state index in [-0.39, 0.29) is 24.0 Å². The summed E-state index contributed by atoms with van der Waals surface area (Å²) in [5, 5.41) is 11.2. The smallest absolute Gasteiger partial charge is 0.310 e. The number of carbonyl (C=O) groups is 1. The molecule has 1 aliphatic heterocycles. The molecule has 0 aliphatic carbocycles. The zero-order valence-corrected chi connectivity index (χ0v) is 15.1. The van der Waals surface area contributed by atoms with Crippen molar-refractivity contribution in [2.24, 2.45) is 0 Å². The van der Waals surface area contributed by atoms with Crippen LogP contribution in [0.5, 0.6) is 5.75 Å². The average Bonchev–Trinajstić information content (AvgIpc) is 2.89. The van der Waals surface area contributed by atoms with Gasteiger partial charge in [-0.3, -0.25) is 19.8 Å². The van der Waals surface area contributed by atoms with Crippen LogP contribution in [0.4, 0.5) is 17.1 Å². The number of rotatable bonds is 4. The number of fused-ring (bicyclic) bond motifs is 2. The van der Waals surface area contributed by atoms with Crippen LogP contribution in [-0.4, -0.2) is 17.4 Å². The number of nitro groups is 1. The van der Waals surface area contributed by atoms with E-state index in [2.05, 4.69) is 0 Å². The summed E-state index contributed by atoms with van der Waals surface area (Å²) < 4.78 is 5.55. The second-order valence-electron chi connectivity index (χ2n) is 6.50. The molecule has 1 heterocycles. The van der Waals surface area contributed by atoms with E-state index in [1.165, 1.54) is 12.1 Å². The molecular weight excluding hydrogens is 356 g/mol. The van der Waals surface area contributed by atoms with E-state index in [0.717, 1.165) is 35.3 Å². The number of aryl methyl sites for hydroxylation is 2. The van der Waals surface area contributed by atoms with E-state index in [0.29, 0.717) is 0 Å². The van der Waals surface area contributed by atoms with Crippen molar-refractivity contribution in [3.05, 3.63) is 94.0 Å². The molecule has 0 aromatic heterocycles. The van der Waals surface area contributed by atoms with Crippen LogP contribution in [0.15, 0.2) is 72.8 Å². The number of para-hydroxylation sites is 4. The average molecular weight is 374 g/mol. The van der Waals surface area contributed by atoms with Gasteiger partial charge in [-0.15, -0.1) is 0 Å². The minimum Gasteiger partial charge on any atom is -0.477 e. The van der Waals surface area contributed by atoms with Gasteiger partial charge in [-0.2, -0.15) is 0 Å². The molecule has 1 amide bonds. The monoisotopic (exact) mass is 374 g/mol. The van der Waals surface area contributed by atoms with Gasteiger partial charge in [0, 0.05) is 6.07 Å². The first-order chi connectivity index (χ1) is 13.6. The first-order valence-electron chi connectivity index (χ1n) is 9.00. The second kappa shape index (κ2) is 7.52. The number of nitrogens with zero attached hydrogens (tertiary/aromatic N) is 2. The molecule has 0 fully saturated rings. The lowest BCUT2D eigenvalue weighted by molar-refractivity contribution is -0.385. The van der Waals surface area contributed by atoms with Gasteiger partial charge < -0.3 is 4.74 Å². The minimum absolute atomic E-state index is 0.0808. The summed E-state index contributed by atoms with van der Waals surface area (Å²) in [6.07, 6.45) is 1.67. The first kappa shape index (κ1) is 17.7. The largest absolute Gasteiger partial charge is 0.477 e. The Hall–Kier alpha value is -3.67. The topological polar surface area (TPSA) is 72.7 Å². The normalized spacial score (nSPS) is 12.5. The number of amides is 1. The number of carbonyl (C=O) groups excluding carboxylic acids is 1. The number of ether oxygens (including phenoxy) is 1. The van der Waals surface area contributed by atoms with E-state index in [1.807, 2.05) is 48.5 Å². The lowest BCUT2D eigenvalue weighted by Crippen LogP contribution is -2.31. The molecule has 28 heavy (non-hydrogen) atoms. The molecule has 0 unspecified atom stereocenters. The summed E-state index contributed by atoms with van der Waals surface area (Å²) in [7, 11) is 0. The summed E-state index contributed by atoms with van der Waals surface area (Å²) in [4.78, 5) is 25.5. The third-order valence-corrected chi connectivity index (χ3v) is 4.79. The molecule has 0 bridgehead atoms. The zero-order valence-electron chi connectivity index (χ0n) is 15.1. The molecule has 1 aliphatic rings. The van der Waals surface area contributed by atoms with E-state index in [4.69, 9.17) is 4.74 Å². The van der Waals surface area contributed by atoms with E-state index >= 15 is 0 Å². The highest BCUT2D eigenvalue weighted by molar-refractivity contribution is 6.03. The van der Waals surface area contributed by atoms with Crippen molar-refractivity contribution in [2.45, 2.75) is 12.8 Å². The summed E-state index contributed by atoms with van der Waals surface area (Å²) in [6.45, 7) is -0.298. The lowest BCUT2D eigenvalue weighted by atomic mass is 10.0. The third kappa shape index (κ3) is 3.32. The number of hydrogen-bond acceptors (Lipinski definition) is 4. The molecule has 0 saturated heterocycles. The second-order valence-corrected chi connectivity index (χ2v) is 6.50. The fourth-order valence-corrected chi connectivity index (χ4v) is 3.48. The SMILES string of the molecule is O=C(COc1ccccc1[N+](=O)[O-])N1c2ccccc2CCc2ccccc21. The fourth-order valence-electron chi connectivity index (χ4n) is 3.48. The van der Waals surface area contributed by atoms with Crippen molar-refractivity contribution in [1.82, 2.24) is 0 Å². The highest BCUT2D eigenvalue weighted by Crippen LogP contribution is 2.36. The zero-order chi connectivity index (χ0) is 19.5. The molecule has 3 aromatic rings. The molecule has 0 atom stereocenters. The van der Waals surface area contributed by atoms with Gasteiger partial charge in [0.1, 0.15) is 0 Å². The molecule has 0 saturated carbocycles. The Morgan fingerprint density at radius 3 is 2.04 bits per heavy atom. The Bertz CT molecular complexity index is 1000. The maximum Gasteiger partial charge on any atom is 0.310 e. The quantitative estimate of drug-likeness (QED) is 0.500. The standard InChI is InChI=1S/C22H18N2O4/c25-22(15-28-21-12-6-5-11-20(21)24(26)27)23-18-9-3-1-7-16(18)13-14-17-8-2-4-10-19(17)23/h1-12H,13-15H2. The fraction of sp³-hybridized carbons (Fsp3) is 0.136. The number of nitro benzene ring substituents is 1. The highest BCUT2D eigenvalue weighted by atomic mass is 16.6. The molecule has 0 spiro atoms. The van der Waals surface area contributed by atoms with Crippen LogP contribution in [0.25, 0.3) is 0 Å². The number of benzene rings is 3. The van der Waals surface area contributed by atoms with E-state index < -0.39 is 4.92 Å². The Balaban J connectivity index is 1.67. The van der Waals surface area contributed by atoms with Gasteiger partial charge in [0.25, 0.3) is 5.91 Å². The van der Waals surface area contributed by atoms with Crippen molar-refractivity contribution >= 4 is 23.0 Å². The minimum atomic E-state index is -0.518. The van der Waals surface area contributed by atoms with Crippen LogP contribution in [0.2, 0.25) is 0 Å². The van der Waals surface area contributed by atoms with Gasteiger partial charge in [-0.05, 0) is 42.2 Å². The Morgan fingerprint density at radius 1 is 0.893 bits per heavy atom. The molecular formula is C22H18N2O4. The van der Waals surface area contributed by atoms with E-state index in [1.54, 1.807) is 17.0 Å². The Kier molecular flexibility index (Phi) is 4.76. The highest BCUT2D eigenvalue weighted by Gasteiger charge is 2.26. The van der Waals surface area contributed by atoms with Crippen LogP contribution in [0, 0.1) is 10.1 Å². The lowest BCUT2D eigenvalue weighted by Gasteiger charge is -2.25. The van der Waals surface area contributed by atoms with Gasteiger partial charge in [-0.1, -0.05) is 48.5 Å². The van der Waals surface area contributed by atoms with Gasteiger partial charge >= 0.3 is 5.69 Å². The summed E-state index contributed by atoms with van der Waals surface area (Å²) in [5.41, 5.74) is 3.65. The molecule has 140 valence electrons. The molecule has 4 rings (SSSR count). The van der Waals surface area contributed by atoms with Gasteiger partial charge in [0.05, 0.1) is 16.3 Å². The predicted molar refractivity (Wildman–Crippen MR) is 106 cm³/mol. The van der Waals surface area contributed by atoms with Gasteiger partial charge in [-0.25, -0.2) is 0 Å². The molecule has 0 N–H and O–H groups in total. The van der Waals surface area contributed by atoms with Crippen molar-refractivity contribution in [3.8, 4) is 5.75 Å². The van der Waals surface area contributed by atoms with Crippen molar-refractivity contribution in [1.29, 1.82) is 0 Å². The number of hydrogen-bond donors (Lipinski definition) is 0. The predicted octanol–water partition coefficient (Wildman–Crippen LogP) is 4.44. The van der Waals surface area contributed by atoms with Gasteiger partial charge in [0.2, 0.25) is 0 Å². The van der Waals surface area contributed by atoms with Crippen LogP contribution < -0.4 is 9.64 Å². The summed E-state index contributed by atoms with van der Waals surface area (Å²) in [6, 6.07) is 21.6. The third-order valence-electron chi connectivity index (χ3n) is 4.79. The first-order valence-corrected chi connectivity index (χ1v) is 9.00.